The van der Waals surface area contributed by atoms with E-state index in [1.54, 1.807) is 6.07 Å². The van der Waals surface area contributed by atoms with Crippen LogP contribution in [0, 0.1) is 12.8 Å². The Morgan fingerprint density at radius 1 is 1.56 bits per heavy atom. The number of hydrogen-bond donors (Lipinski definition) is 2. The van der Waals surface area contributed by atoms with Crippen molar-refractivity contribution in [3.05, 3.63) is 34.3 Å². The maximum Gasteiger partial charge on any atom is 0.252 e. The highest BCUT2D eigenvalue weighted by Gasteiger charge is 2.17. The first-order chi connectivity index (χ1) is 8.18. The molecule has 1 fully saturated rings. The van der Waals surface area contributed by atoms with Crippen LogP contribution in [0.15, 0.2) is 18.2 Å². The Labute approximate surface area is 119 Å². The van der Waals surface area contributed by atoms with Crippen molar-refractivity contribution in [1.29, 1.82) is 0 Å². The van der Waals surface area contributed by atoms with Crippen molar-refractivity contribution in [2.45, 2.75) is 13.3 Å². The largest absolute Gasteiger partial charge is 0.352 e. The molecule has 1 heterocycles. The van der Waals surface area contributed by atoms with E-state index in [0.29, 0.717) is 16.5 Å². The first kappa shape index (κ1) is 15.3. The summed E-state index contributed by atoms with van der Waals surface area (Å²) in [6, 6.07) is 5.52. The van der Waals surface area contributed by atoms with Gasteiger partial charge in [0.05, 0.1) is 10.6 Å². The monoisotopic (exact) mass is 288 g/mol. The van der Waals surface area contributed by atoms with Crippen LogP contribution in [0.4, 0.5) is 0 Å². The second kappa shape index (κ2) is 6.98. The van der Waals surface area contributed by atoms with Crippen LogP contribution in [0.5, 0.6) is 0 Å². The van der Waals surface area contributed by atoms with Crippen molar-refractivity contribution in [1.82, 2.24) is 10.6 Å². The quantitative estimate of drug-likeness (QED) is 0.897. The van der Waals surface area contributed by atoms with Crippen LogP contribution in [-0.4, -0.2) is 25.5 Å². The molecule has 0 radical (unpaired) electrons. The van der Waals surface area contributed by atoms with Crippen molar-refractivity contribution in [2.75, 3.05) is 19.6 Å². The molecule has 100 valence electrons. The van der Waals surface area contributed by atoms with E-state index in [4.69, 9.17) is 11.6 Å². The zero-order valence-corrected chi connectivity index (χ0v) is 11.9. The second-order valence-electron chi connectivity index (χ2n) is 4.51. The molecule has 0 bridgehead atoms. The predicted molar refractivity (Wildman–Crippen MR) is 76.7 cm³/mol. The summed E-state index contributed by atoms with van der Waals surface area (Å²) in [6.45, 7) is 4.66. The molecular weight excluding hydrogens is 271 g/mol. The molecule has 1 saturated heterocycles. The predicted octanol–water partition coefficient (Wildman–Crippen LogP) is 2.41. The number of carbonyl (C=O) groups excluding carboxylic acids is 1. The van der Waals surface area contributed by atoms with E-state index in [9.17, 15) is 4.79 Å². The summed E-state index contributed by atoms with van der Waals surface area (Å²) in [4.78, 5) is 12.0. The highest BCUT2D eigenvalue weighted by molar-refractivity contribution is 6.34. The van der Waals surface area contributed by atoms with Crippen molar-refractivity contribution in [2.24, 2.45) is 5.92 Å². The fourth-order valence-corrected chi connectivity index (χ4v) is 2.26. The van der Waals surface area contributed by atoms with Crippen molar-refractivity contribution < 1.29 is 4.79 Å². The van der Waals surface area contributed by atoms with Gasteiger partial charge in [0.1, 0.15) is 0 Å². The van der Waals surface area contributed by atoms with E-state index in [-0.39, 0.29) is 18.3 Å². The van der Waals surface area contributed by atoms with Crippen molar-refractivity contribution in [3.63, 3.8) is 0 Å². The number of halogens is 2. The van der Waals surface area contributed by atoms with E-state index in [1.165, 1.54) is 0 Å². The number of benzene rings is 1. The third-order valence-corrected chi connectivity index (χ3v) is 3.65. The van der Waals surface area contributed by atoms with Gasteiger partial charge in [-0.15, -0.1) is 12.4 Å². The minimum Gasteiger partial charge on any atom is -0.352 e. The van der Waals surface area contributed by atoms with Gasteiger partial charge in [0.15, 0.2) is 0 Å². The molecule has 0 saturated carbocycles. The van der Waals surface area contributed by atoms with E-state index in [0.717, 1.165) is 31.6 Å². The van der Waals surface area contributed by atoms with Gasteiger partial charge < -0.3 is 10.6 Å². The Morgan fingerprint density at radius 3 is 3.00 bits per heavy atom. The molecule has 1 unspecified atom stereocenters. The van der Waals surface area contributed by atoms with Gasteiger partial charge in [0.2, 0.25) is 0 Å². The first-order valence-electron chi connectivity index (χ1n) is 5.92. The van der Waals surface area contributed by atoms with Crippen molar-refractivity contribution in [3.8, 4) is 0 Å². The Hall–Kier alpha value is -0.770. The second-order valence-corrected chi connectivity index (χ2v) is 4.88. The fraction of sp³-hybridized carbons (Fsp3) is 0.462. The van der Waals surface area contributed by atoms with Crippen LogP contribution in [0.2, 0.25) is 5.02 Å². The molecule has 1 aliphatic rings. The van der Waals surface area contributed by atoms with Gasteiger partial charge in [-0.25, -0.2) is 0 Å². The highest BCUT2D eigenvalue weighted by atomic mass is 35.5. The molecule has 1 amide bonds. The minimum absolute atomic E-state index is 0. The average Bonchev–Trinajstić information content (AvgIpc) is 2.82. The van der Waals surface area contributed by atoms with E-state index < -0.39 is 0 Å². The van der Waals surface area contributed by atoms with Crippen LogP contribution < -0.4 is 10.6 Å². The lowest BCUT2D eigenvalue weighted by atomic mass is 10.1. The smallest absolute Gasteiger partial charge is 0.252 e. The van der Waals surface area contributed by atoms with Crippen molar-refractivity contribution >= 4 is 29.9 Å². The van der Waals surface area contributed by atoms with Crippen LogP contribution in [0.1, 0.15) is 22.3 Å². The summed E-state index contributed by atoms with van der Waals surface area (Å²) in [5, 5.41) is 6.78. The molecule has 0 aliphatic carbocycles. The van der Waals surface area contributed by atoms with E-state index in [2.05, 4.69) is 10.6 Å². The molecule has 2 N–H and O–H groups in total. The van der Waals surface area contributed by atoms with E-state index in [1.807, 2.05) is 19.1 Å². The summed E-state index contributed by atoms with van der Waals surface area (Å²) in [6.07, 6.45) is 1.13. The van der Waals surface area contributed by atoms with Crippen LogP contribution in [0.25, 0.3) is 0 Å². The third kappa shape index (κ3) is 3.61. The number of carbonyl (C=O) groups is 1. The van der Waals surface area contributed by atoms with Gasteiger partial charge in [-0.05, 0) is 44.0 Å². The lowest BCUT2D eigenvalue weighted by Gasteiger charge is -2.11. The molecule has 1 aromatic rings. The Balaban J connectivity index is 0.00000162. The summed E-state index contributed by atoms with van der Waals surface area (Å²) in [5.74, 6) is 0.466. The number of nitrogens with one attached hydrogen (secondary N) is 2. The fourth-order valence-electron chi connectivity index (χ4n) is 2.04. The lowest BCUT2D eigenvalue weighted by Crippen LogP contribution is -2.30. The summed E-state index contributed by atoms with van der Waals surface area (Å²) < 4.78 is 0. The molecule has 1 atom stereocenters. The maximum absolute atomic E-state index is 12.0. The van der Waals surface area contributed by atoms with Gasteiger partial charge >= 0.3 is 0 Å². The first-order valence-corrected chi connectivity index (χ1v) is 6.30. The van der Waals surface area contributed by atoms with Crippen LogP contribution >= 0.6 is 24.0 Å². The normalized spacial score (nSPS) is 18.2. The minimum atomic E-state index is -0.0781. The van der Waals surface area contributed by atoms with Gasteiger partial charge in [-0.2, -0.15) is 0 Å². The van der Waals surface area contributed by atoms with Gasteiger partial charge in [0.25, 0.3) is 5.91 Å². The Morgan fingerprint density at radius 2 is 2.33 bits per heavy atom. The van der Waals surface area contributed by atoms with Gasteiger partial charge in [0, 0.05) is 6.54 Å². The topological polar surface area (TPSA) is 41.1 Å². The molecule has 1 aromatic carbocycles. The van der Waals surface area contributed by atoms with E-state index >= 15 is 0 Å². The molecule has 1 aliphatic heterocycles. The maximum atomic E-state index is 12.0. The zero-order valence-electron chi connectivity index (χ0n) is 10.3. The lowest BCUT2D eigenvalue weighted by molar-refractivity contribution is 0.0948. The average molecular weight is 289 g/mol. The number of aryl methyl sites for hydroxylation is 1. The molecule has 3 nitrogen and oxygen atoms in total. The molecule has 0 spiro atoms. The summed E-state index contributed by atoms with van der Waals surface area (Å²) in [5.41, 5.74) is 1.50. The molecular formula is C13H18Cl2N2O. The highest BCUT2D eigenvalue weighted by Crippen LogP contribution is 2.20. The van der Waals surface area contributed by atoms with Crippen LogP contribution in [0.3, 0.4) is 0 Å². The summed E-state index contributed by atoms with van der Waals surface area (Å²) in [7, 11) is 0. The van der Waals surface area contributed by atoms with Gasteiger partial charge in [-0.1, -0.05) is 23.7 Å². The molecule has 0 aromatic heterocycles. The number of amides is 1. The third-order valence-electron chi connectivity index (χ3n) is 3.15. The Bertz CT molecular complexity index is 417. The zero-order chi connectivity index (χ0) is 12.3. The standard InChI is InChI=1S/C13H17ClN2O.ClH/c1-9-3-2-4-11(12(9)14)13(17)16-8-10-5-6-15-7-10;/h2-4,10,15H,5-8H2,1H3,(H,16,17);1H. The molecule has 18 heavy (non-hydrogen) atoms. The van der Waals surface area contributed by atoms with Gasteiger partial charge in [-0.3, -0.25) is 4.79 Å². The number of rotatable bonds is 3. The molecule has 5 heteroatoms. The SMILES string of the molecule is Cc1cccc(C(=O)NCC2CCNC2)c1Cl.Cl. The molecule has 2 rings (SSSR count). The van der Waals surface area contributed by atoms with Crippen LogP contribution in [-0.2, 0) is 0 Å². The summed E-state index contributed by atoms with van der Waals surface area (Å²) >= 11 is 6.11. The Kier molecular flexibility index (Phi) is 5.93. The number of hydrogen-bond acceptors (Lipinski definition) is 2.